The highest BCUT2D eigenvalue weighted by Crippen LogP contribution is 2.55. The topological polar surface area (TPSA) is 8.17 Å². The third-order valence-electron chi connectivity index (χ3n) is 16.7. The van der Waals surface area contributed by atoms with Crippen LogP contribution >= 0.6 is 0 Å². The van der Waals surface area contributed by atoms with Crippen LogP contribution in [0.2, 0.25) is 0 Å². The maximum absolute atomic E-state index is 2.53. The average molecular weight is 919 g/mol. The standard InChI is InChI=1S/C70H50N2/c1-69(2)60-37-47(43-15-8-5-9-16-43)26-31-54(60)56-34-28-52(41-62(56)69)71(53-29-35-57-55-32-27-48(44-17-10-6-11-18-44)38-61(55)70(3,4)63(57)42-53)51-30-36-64-59(40-51)68-58-33-25-46-20-14-19-45-23-24-49(67(58)66(45)46)39-65(68)72(64)50-21-12-7-13-22-50/h5-42H,1-4H3. The predicted octanol–water partition coefficient (Wildman–Crippen LogP) is 19.1. The summed E-state index contributed by atoms with van der Waals surface area (Å²) in [5, 5.41) is 10.3. The summed E-state index contributed by atoms with van der Waals surface area (Å²) in [6.07, 6.45) is 0. The lowest BCUT2D eigenvalue weighted by Gasteiger charge is -2.30. The fourth-order valence-electron chi connectivity index (χ4n) is 13.1. The van der Waals surface area contributed by atoms with Gasteiger partial charge in [0.05, 0.1) is 11.0 Å². The number of nitrogens with zero attached hydrogens (tertiary/aromatic N) is 2. The minimum Gasteiger partial charge on any atom is -0.310 e. The Morgan fingerprint density at radius 1 is 0.306 bits per heavy atom. The van der Waals surface area contributed by atoms with E-state index in [4.69, 9.17) is 0 Å². The molecule has 0 aliphatic heterocycles. The van der Waals surface area contributed by atoms with Crippen LogP contribution in [0.15, 0.2) is 231 Å². The molecular formula is C70H50N2. The molecule has 0 N–H and O–H groups in total. The Balaban J connectivity index is 0.964. The van der Waals surface area contributed by atoms with Crippen LogP contribution in [-0.4, -0.2) is 4.57 Å². The molecule has 0 radical (unpaired) electrons. The van der Waals surface area contributed by atoms with Gasteiger partial charge in [-0.1, -0.05) is 185 Å². The number of para-hydroxylation sites is 1. The summed E-state index contributed by atoms with van der Waals surface area (Å²) in [7, 11) is 0. The first kappa shape index (κ1) is 41.1. The number of hydrogen-bond donors (Lipinski definition) is 0. The number of fused-ring (bicyclic) bond motifs is 10. The van der Waals surface area contributed by atoms with Crippen LogP contribution in [0.5, 0.6) is 0 Å². The highest BCUT2D eigenvalue weighted by Gasteiger charge is 2.38. The van der Waals surface area contributed by atoms with Gasteiger partial charge in [0.15, 0.2) is 0 Å². The largest absolute Gasteiger partial charge is 0.310 e. The molecule has 0 spiro atoms. The van der Waals surface area contributed by atoms with Gasteiger partial charge < -0.3 is 9.47 Å². The first-order chi connectivity index (χ1) is 35.2. The summed E-state index contributed by atoms with van der Waals surface area (Å²) in [4.78, 5) is 2.53. The molecule has 1 heterocycles. The van der Waals surface area contributed by atoms with Crippen molar-refractivity contribution >= 4 is 71.2 Å². The van der Waals surface area contributed by atoms with Gasteiger partial charge in [0, 0.05) is 44.4 Å². The van der Waals surface area contributed by atoms with Crippen LogP contribution in [0, 0.1) is 0 Å². The Hall–Kier alpha value is -8.72. The van der Waals surface area contributed by atoms with Gasteiger partial charge in [0.1, 0.15) is 0 Å². The molecule has 1 aromatic heterocycles. The van der Waals surface area contributed by atoms with Crippen LogP contribution in [0.4, 0.5) is 17.1 Å². The van der Waals surface area contributed by atoms with Gasteiger partial charge in [0.25, 0.3) is 0 Å². The molecule has 0 amide bonds. The van der Waals surface area contributed by atoms with Gasteiger partial charge in [0.2, 0.25) is 0 Å². The van der Waals surface area contributed by atoms with Crippen molar-refractivity contribution in [1.82, 2.24) is 4.57 Å². The molecule has 0 saturated carbocycles. The second-order valence-electron chi connectivity index (χ2n) is 21.3. The lowest BCUT2D eigenvalue weighted by molar-refractivity contribution is 0.660. The summed E-state index contributed by atoms with van der Waals surface area (Å²) in [6.45, 7) is 9.62. The van der Waals surface area contributed by atoms with Crippen LogP contribution in [-0.2, 0) is 10.8 Å². The van der Waals surface area contributed by atoms with Crippen molar-refractivity contribution in [2.45, 2.75) is 38.5 Å². The Labute approximate surface area is 420 Å². The Kier molecular flexibility index (Phi) is 8.51. The van der Waals surface area contributed by atoms with E-state index >= 15 is 0 Å². The lowest BCUT2D eigenvalue weighted by atomic mass is 9.81. The zero-order chi connectivity index (χ0) is 48.0. The summed E-state index contributed by atoms with van der Waals surface area (Å²) < 4.78 is 2.48. The van der Waals surface area contributed by atoms with Gasteiger partial charge in [-0.25, -0.2) is 0 Å². The minimum atomic E-state index is -0.222. The number of anilines is 3. The molecule has 0 unspecified atom stereocenters. The highest BCUT2D eigenvalue weighted by molar-refractivity contribution is 6.33. The Morgan fingerprint density at radius 2 is 0.778 bits per heavy atom. The molecule has 0 saturated heterocycles. The van der Waals surface area contributed by atoms with Crippen molar-refractivity contribution in [1.29, 1.82) is 0 Å². The normalized spacial score (nSPS) is 14.1. The highest BCUT2D eigenvalue weighted by atomic mass is 15.1. The van der Waals surface area contributed by atoms with E-state index in [1.54, 1.807) is 0 Å². The molecule has 2 aliphatic rings. The average Bonchev–Trinajstić information content (AvgIpc) is 3.96. The number of rotatable bonds is 6. The number of hydrogen-bond acceptors (Lipinski definition) is 1. The second-order valence-corrected chi connectivity index (χ2v) is 21.3. The summed E-state index contributed by atoms with van der Waals surface area (Å²) in [5.41, 5.74) is 22.2. The summed E-state index contributed by atoms with van der Waals surface area (Å²) in [6, 6.07) is 86.7. The maximum atomic E-state index is 2.53. The molecule has 72 heavy (non-hydrogen) atoms. The first-order valence-corrected chi connectivity index (χ1v) is 25.4. The fraction of sp³-hybridized carbons (Fsp3) is 0.0857. The van der Waals surface area contributed by atoms with Crippen molar-refractivity contribution in [3.63, 3.8) is 0 Å². The van der Waals surface area contributed by atoms with E-state index in [9.17, 15) is 0 Å². The van der Waals surface area contributed by atoms with E-state index in [2.05, 4.69) is 268 Å². The molecule has 2 nitrogen and oxygen atoms in total. The van der Waals surface area contributed by atoms with E-state index in [0.717, 1.165) is 22.7 Å². The first-order valence-electron chi connectivity index (χ1n) is 25.4. The van der Waals surface area contributed by atoms with E-state index in [1.807, 2.05) is 0 Å². The molecule has 2 aliphatic carbocycles. The molecule has 12 aromatic carbocycles. The van der Waals surface area contributed by atoms with Crippen LogP contribution < -0.4 is 4.90 Å². The lowest BCUT2D eigenvalue weighted by Crippen LogP contribution is -2.18. The number of aromatic nitrogens is 1. The van der Waals surface area contributed by atoms with Crippen LogP contribution in [0.3, 0.4) is 0 Å². The second kappa shape index (κ2) is 14.9. The van der Waals surface area contributed by atoms with Gasteiger partial charge in [-0.15, -0.1) is 0 Å². The molecule has 13 aromatic rings. The zero-order valence-electron chi connectivity index (χ0n) is 40.8. The third-order valence-corrected chi connectivity index (χ3v) is 16.7. The SMILES string of the molecule is CC1(C)c2cc(-c3ccccc3)ccc2-c2ccc(N(c3ccc4c(c3)C(C)(C)c3cc(-c5ccccc5)ccc3-4)c3ccc4c(c3)c3c5ccc6cccc7ccc(cc3n4-c3ccccc3)c5c76)cc21. The molecule has 15 rings (SSSR count). The third kappa shape index (κ3) is 5.78. The monoisotopic (exact) mass is 918 g/mol. The molecule has 0 bridgehead atoms. The predicted molar refractivity (Wildman–Crippen MR) is 305 cm³/mol. The quantitative estimate of drug-likeness (QED) is 0.151. The van der Waals surface area contributed by atoms with Crippen molar-refractivity contribution in [3.05, 3.63) is 253 Å². The van der Waals surface area contributed by atoms with E-state index < -0.39 is 0 Å². The number of benzene rings is 12. The maximum Gasteiger partial charge on any atom is 0.0553 e. The summed E-state index contributed by atoms with van der Waals surface area (Å²) in [5.74, 6) is 0. The van der Waals surface area contributed by atoms with Crippen molar-refractivity contribution < 1.29 is 0 Å². The smallest absolute Gasteiger partial charge is 0.0553 e. The van der Waals surface area contributed by atoms with Crippen molar-refractivity contribution in [2.75, 3.05) is 4.90 Å². The Bertz CT molecular complexity index is 4200. The van der Waals surface area contributed by atoms with E-state index in [-0.39, 0.29) is 10.8 Å². The molecule has 2 heteroatoms. The molecular weight excluding hydrogens is 869 g/mol. The van der Waals surface area contributed by atoms with E-state index in [1.165, 1.54) is 121 Å². The molecule has 0 fully saturated rings. The van der Waals surface area contributed by atoms with Crippen LogP contribution in [0.25, 0.3) is 104 Å². The van der Waals surface area contributed by atoms with Gasteiger partial charge in [-0.05, 0) is 172 Å². The van der Waals surface area contributed by atoms with Gasteiger partial charge >= 0.3 is 0 Å². The van der Waals surface area contributed by atoms with E-state index in [0.29, 0.717) is 0 Å². The van der Waals surface area contributed by atoms with Gasteiger partial charge in [-0.2, -0.15) is 0 Å². The minimum absolute atomic E-state index is 0.222. The fourth-order valence-corrected chi connectivity index (χ4v) is 13.1. The van der Waals surface area contributed by atoms with Crippen molar-refractivity contribution in [3.8, 4) is 50.2 Å². The Morgan fingerprint density at radius 3 is 1.35 bits per heavy atom. The van der Waals surface area contributed by atoms with Crippen LogP contribution in [0.1, 0.15) is 49.9 Å². The molecule has 0 atom stereocenters. The summed E-state index contributed by atoms with van der Waals surface area (Å²) >= 11 is 0. The molecule has 340 valence electrons. The van der Waals surface area contributed by atoms with Gasteiger partial charge in [-0.3, -0.25) is 0 Å². The zero-order valence-corrected chi connectivity index (χ0v) is 40.8. The van der Waals surface area contributed by atoms with Crippen molar-refractivity contribution in [2.24, 2.45) is 0 Å².